The third kappa shape index (κ3) is 4.29. The summed E-state index contributed by atoms with van der Waals surface area (Å²) in [5.41, 5.74) is 0. The number of halogens is 3. The molecule has 16 heavy (non-hydrogen) atoms. The van der Waals surface area contributed by atoms with E-state index in [1.807, 2.05) is 0 Å². The molecule has 2 N–H and O–H groups in total. The van der Waals surface area contributed by atoms with E-state index in [0.29, 0.717) is 19.1 Å². The molecule has 0 aliphatic heterocycles. The molecular formula is C11H19F3N2. The van der Waals surface area contributed by atoms with E-state index in [2.05, 4.69) is 10.6 Å². The van der Waals surface area contributed by atoms with E-state index < -0.39 is 12.7 Å². The highest BCUT2D eigenvalue weighted by molar-refractivity contribution is 4.96. The Morgan fingerprint density at radius 2 is 1.56 bits per heavy atom. The smallest absolute Gasteiger partial charge is 0.312 e. The normalized spacial score (nSPS) is 21.8. The largest absolute Gasteiger partial charge is 0.401 e. The summed E-state index contributed by atoms with van der Waals surface area (Å²) in [7, 11) is 0. The van der Waals surface area contributed by atoms with Crippen LogP contribution in [0.3, 0.4) is 0 Å². The SMILES string of the molecule is FC(F)(F)CNCCNC(C1CC1)C1CC1. The van der Waals surface area contributed by atoms with Crippen molar-refractivity contribution in [3.05, 3.63) is 0 Å². The fourth-order valence-electron chi connectivity index (χ4n) is 2.19. The third-order valence-electron chi connectivity index (χ3n) is 3.27. The summed E-state index contributed by atoms with van der Waals surface area (Å²) in [5.74, 6) is 1.60. The van der Waals surface area contributed by atoms with Gasteiger partial charge in [0.2, 0.25) is 0 Å². The lowest BCUT2D eigenvalue weighted by Crippen LogP contribution is -2.40. The van der Waals surface area contributed by atoms with Gasteiger partial charge in [0.25, 0.3) is 0 Å². The lowest BCUT2D eigenvalue weighted by molar-refractivity contribution is -0.124. The first-order valence-electron chi connectivity index (χ1n) is 6.07. The van der Waals surface area contributed by atoms with Crippen LogP contribution in [-0.4, -0.2) is 31.9 Å². The van der Waals surface area contributed by atoms with Gasteiger partial charge in [0.1, 0.15) is 0 Å². The standard InChI is InChI=1S/C11H19F3N2/c12-11(13,14)7-15-5-6-16-10(8-1-2-8)9-3-4-9/h8-10,15-16H,1-7H2. The van der Waals surface area contributed by atoms with Crippen LogP contribution in [0.15, 0.2) is 0 Å². The molecule has 94 valence electrons. The molecule has 0 radical (unpaired) electrons. The van der Waals surface area contributed by atoms with Crippen molar-refractivity contribution in [1.82, 2.24) is 10.6 Å². The van der Waals surface area contributed by atoms with Crippen molar-refractivity contribution < 1.29 is 13.2 Å². The van der Waals surface area contributed by atoms with E-state index >= 15 is 0 Å². The zero-order valence-electron chi connectivity index (χ0n) is 9.32. The predicted octanol–water partition coefficient (Wildman–Crippen LogP) is 1.92. The first-order valence-corrected chi connectivity index (χ1v) is 6.07. The van der Waals surface area contributed by atoms with Crippen LogP contribution in [0.25, 0.3) is 0 Å². The van der Waals surface area contributed by atoms with E-state index in [0.717, 1.165) is 11.8 Å². The third-order valence-corrected chi connectivity index (χ3v) is 3.27. The van der Waals surface area contributed by atoms with Crippen molar-refractivity contribution in [2.24, 2.45) is 11.8 Å². The van der Waals surface area contributed by atoms with Crippen molar-refractivity contribution in [2.75, 3.05) is 19.6 Å². The summed E-state index contributed by atoms with van der Waals surface area (Å²) in [5, 5.41) is 5.81. The van der Waals surface area contributed by atoms with Crippen molar-refractivity contribution in [2.45, 2.75) is 37.9 Å². The second-order valence-electron chi connectivity index (χ2n) is 4.95. The minimum atomic E-state index is -4.09. The highest BCUT2D eigenvalue weighted by atomic mass is 19.4. The summed E-state index contributed by atoms with van der Waals surface area (Å²) in [6.07, 6.45) is 1.09. The van der Waals surface area contributed by atoms with Gasteiger partial charge >= 0.3 is 6.18 Å². The lowest BCUT2D eigenvalue weighted by Gasteiger charge is -2.18. The van der Waals surface area contributed by atoms with Gasteiger partial charge in [-0.1, -0.05) is 0 Å². The topological polar surface area (TPSA) is 24.1 Å². The van der Waals surface area contributed by atoms with E-state index in [1.165, 1.54) is 25.7 Å². The van der Waals surface area contributed by atoms with Crippen molar-refractivity contribution >= 4 is 0 Å². The number of hydrogen-bond donors (Lipinski definition) is 2. The molecule has 0 aromatic carbocycles. The zero-order valence-corrected chi connectivity index (χ0v) is 9.32. The maximum atomic E-state index is 11.8. The van der Waals surface area contributed by atoms with Crippen LogP contribution in [0.1, 0.15) is 25.7 Å². The Morgan fingerprint density at radius 3 is 2.00 bits per heavy atom. The van der Waals surface area contributed by atoms with Crippen LogP contribution >= 0.6 is 0 Å². The lowest BCUT2D eigenvalue weighted by atomic mass is 10.1. The first kappa shape index (κ1) is 12.2. The zero-order chi connectivity index (χ0) is 11.6. The molecule has 0 spiro atoms. The second-order valence-corrected chi connectivity index (χ2v) is 4.95. The Morgan fingerprint density at radius 1 is 1.00 bits per heavy atom. The van der Waals surface area contributed by atoms with E-state index in [9.17, 15) is 13.2 Å². The molecule has 0 heterocycles. The van der Waals surface area contributed by atoms with Gasteiger partial charge in [0.15, 0.2) is 0 Å². The van der Waals surface area contributed by atoms with Crippen molar-refractivity contribution in [3.8, 4) is 0 Å². The van der Waals surface area contributed by atoms with Gasteiger partial charge in [-0.2, -0.15) is 13.2 Å². The Bertz CT molecular complexity index is 210. The molecule has 2 aliphatic carbocycles. The molecule has 0 aromatic rings. The van der Waals surface area contributed by atoms with Crippen LogP contribution < -0.4 is 10.6 Å². The van der Waals surface area contributed by atoms with Gasteiger partial charge in [-0.25, -0.2) is 0 Å². The molecule has 0 saturated heterocycles. The molecule has 2 saturated carbocycles. The molecule has 0 unspecified atom stereocenters. The van der Waals surface area contributed by atoms with Crippen LogP contribution in [0.2, 0.25) is 0 Å². The van der Waals surface area contributed by atoms with Crippen LogP contribution in [-0.2, 0) is 0 Å². The molecule has 0 bridgehead atoms. The average Bonchev–Trinajstić information content (AvgIpc) is 2.98. The van der Waals surface area contributed by atoms with Crippen molar-refractivity contribution in [1.29, 1.82) is 0 Å². The molecule has 2 rings (SSSR count). The Kier molecular flexibility index (Phi) is 3.74. The fraction of sp³-hybridized carbons (Fsp3) is 1.00. The predicted molar refractivity (Wildman–Crippen MR) is 56.2 cm³/mol. The first-order chi connectivity index (χ1) is 7.56. The maximum absolute atomic E-state index is 11.8. The van der Waals surface area contributed by atoms with Gasteiger partial charge in [0.05, 0.1) is 6.54 Å². The number of rotatable bonds is 7. The molecular weight excluding hydrogens is 217 g/mol. The number of nitrogens with one attached hydrogen (secondary N) is 2. The van der Waals surface area contributed by atoms with Gasteiger partial charge in [-0.15, -0.1) is 0 Å². The van der Waals surface area contributed by atoms with E-state index in [4.69, 9.17) is 0 Å². The Balaban J connectivity index is 1.53. The second kappa shape index (κ2) is 4.92. The molecule has 5 heteroatoms. The minimum absolute atomic E-state index is 0.398. The Labute approximate surface area is 94.0 Å². The summed E-state index contributed by atoms with van der Waals surface area (Å²) in [4.78, 5) is 0. The Hall–Kier alpha value is -0.290. The van der Waals surface area contributed by atoms with Gasteiger partial charge in [-0.3, -0.25) is 0 Å². The van der Waals surface area contributed by atoms with E-state index in [-0.39, 0.29) is 0 Å². The van der Waals surface area contributed by atoms with Gasteiger partial charge < -0.3 is 10.6 Å². The molecule has 2 fully saturated rings. The van der Waals surface area contributed by atoms with Crippen LogP contribution in [0, 0.1) is 11.8 Å². The summed E-state index contributed by atoms with van der Waals surface area (Å²) >= 11 is 0. The van der Waals surface area contributed by atoms with Crippen molar-refractivity contribution in [3.63, 3.8) is 0 Å². The average molecular weight is 236 g/mol. The highest BCUT2D eigenvalue weighted by Crippen LogP contribution is 2.44. The molecule has 2 aliphatic rings. The van der Waals surface area contributed by atoms with E-state index in [1.54, 1.807) is 0 Å². The quantitative estimate of drug-likeness (QED) is 0.660. The summed E-state index contributed by atoms with van der Waals surface area (Å²) in [6.45, 7) is 0.162. The molecule has 0 aromatic heterocycles. The fourth-order valence-corrected chi connectivity index (χ4v) is 2.19. The van der Waals surface area contributed by atoms with Gasteiger partial charge in [-0.05, 0) is 37.5 Å². The maximum Gasteiger partial charge on any atom is 0.401 e. The molecule has 0 atom stereocenters. The monoisotopic (exact) mass is 236 g/mol. The highest BCUT2D eigenvalue weighted by Gasteiger charge is 2.40. The number of alkyl halides is 3. The minimum Gasteiger partial charge on any atom is -0.312 e. The van der Waals surface area contributed by atoms with Crippen LogP contribution in [0.4, 0.5) is 13.2 Å². The molecule has 2 nitrogen and oxygen atoms in total. The number of hydrogen-bond acceptors (Lipinski definition) is 2. The summed E-state index contributed by atoms with van der Waals surface area (Å²) in [6, 6.07) is 0.577. The summed E-state index contributed by atoms with van der Waals surface area (Å²) < 4.78 is 35.5. The van der Waals surface area contributed by atoms with Gasteiger partial charge in [0, 0.05) is 19.1 Å². The molecule has 0 amide bonds. The van der Waals surface area contributed by atoms with Crippen LogP contribution in [0.5, 0.6) is 0 Å².